The summed E-state index contributed by atoms with van der Waals surface area (Å²) in [4.78, 5) is 24.3. The Kier molecular flexibility index (Phi) is 5.85. The molecule has 2 heterocycles. The molecule has 7 nitrogen and oxygen atoms in total. The number of hydrogen-bond acceptors (Lipinski definition) is 6. The monoisotopic (exact) mass is 367 g/mol. The van der Waals surface area contributed by atoms with Crippen LogP contribution in [0.4, 0.5) is 5.82 Å². The summed E-state index contributed by atoms with van der Waals surface area (Å²) in [5.41, 5.74) is 1.79. The number of aromatic nitrogens is 4. The molecule has 1 N–H and O–H groups in total. The fraction of sp³-hybridized carbons (Fsp3) is 0.0526. The molecule has 0 atom stereocenters. The topological polar surface area (TPSA) is 95.8 Å². The van der Waals surface area contributed by atoms with Crippen molar-refractivity contribution in [3.63, 3.8) is 0 Å². The number of hydrogen-bond donors (Lipinski definition) is 1. The van der Waals surface area contributed by atoms with E-state index in [1.54, 1.807) is 29.4 Å². The molecule has 0 aliphatic carbocycles. The van der Waals surface area contributed by atoms with Gasteiger partial charge in [0.05, 0.1) is 11.5 Å². The average Bonchev–Trinajstić information content (AvgIpc) is 3.21. The third-order valence-corrected chi connectivity index (χ3v) is 3.96. The van der Waals surface area contributed by atoms with Crippen LogP contribution in [0.2, 0.25) is 0 Å². The standard InChI is InChI=1S/C19H15N5O2.Na/c25-18(26)14-6-7-16-15(10-14)17(21-11-13-4-2-1-3-5-13)23-19(22-16)24-9-8-20-12-24;/h1-10,12H,11H2,(H,25,26)(H,21,22,23);/q;+1/p-1. The van der Waals surface area contributed by atoms with Crippen LogP contribution in [-0.2, 0) is 6.54 Å². The van der Waals surface area contributed by atoms with Gasteiger partial charge < -0.3 is 15.2 Å². The molecule has 0 saturated heterocycles. The Hall–Kier alpha value is -2.74. The molecule has 4 aromatic rings. The maximum Gasteiger partial charge on any atom is 1.00 e. The number of nitrogens with zero attached hydrogens (tertiary/aromatic N) is 4. The molecule has 0 fully saturated rings. The normalized spacial score (nSPS) is 10.4. The minimum atomic E-state index is -1.24. The molecule has 0 spiro atoms. The van der Waals surface area contributed by atoms with Crippen molar-refractivity contribution in [3.05, 3.63) is 78.4 Å². The van der Waals surface area contributed by atoms with Gasteiger partial charge in [-0.15, -0.1) is 0 Å². The molecule has 0 unspecified atom stereocenters. The van der Waals surface area contributed by atoms with Crippen LogP contribution in [0.5, 0.6) is 0 Å². The van der Waals surface area contributed by atoms with E-state index in [-0.39, 0.29) is 35.1 Å². The van der Waals surface area contributed by atoms with Crippen molar-refractivity contribution in [3.8, 4) is 5.95 Å². The van der Waals surface area contributed by atoms with Gasteiger partial charge in [0.1, 0.15) is 12.1 Å². The summed E-state index contributed by atoms with van der Waals surface area (Å²) in [5.74, 6) is -0.239. The smallest absolute Gasteiger partial charge is 0.545 e. The summed E-state index contributed by atoms with van der Waals surface area (Å²) in [5, 5.41) is 15.1. The van der Waals surface area contributed by atoms with Crippen molar-refractivity contribution in [2.45, 2.75) is 6.54 Å². The van der Waals surface area contributed by atoms with E-state index >= 15 is 0 Å². The average molecular weight is 367 g/mol. The van der Waals surface area contributed by atoms with Crippen LogP contribution in [0.25, 0.3) is 16.9 Å². The fourth-order valence-electron chi connectivity index (χ4n) is 2.65. The van der Waals surface area contributed by atoms with Crippen molar-refractivity contribution in [2.24, 2.45) is 0 Å². The molecule has 0 bridgehead atoms. The van der Waals surface area contributed by atoms with E-state index in [9.17, 15) is 9.90 Å². The van der Waals surface area contributed by atoms with Crippen molar-refractivity contribution >= 4 is 22.7 Å². The van der Waals surface area contributed by atoms with Gasteiger partial charge in [0.25, 0.3) is 0 Å². The largest absolute Gasteiger partial charge is 1.00 e. The molecule has 0 aliphatic rings. The number of rotatable bonds is 5. The van der Waals surface area contributed by atoms with Gasteiger partial charge in [-0.3, -0.25) is 4.57 Å². The number of anilines is 1. The molecule has 0 aliphatic heterocycles. The fourth-order valence-corrected chi connectivity index (χ4v) is 2.65. The predicted octanol–water partition coefficient (Wildman–Crippen LogP) is -1.20. The Labute approximate surface area is 177 Å². The summed E-state index contributed by atoms with van der Waals surface area (Å²) in [7, 11) is 0. The van der Waals surface area contributed by atoms with Crippen LogP contribution < -0.4 is 40.0 Å². The van der Waals surface area contributed by atoms with Gasteiger partial charge in [0, 0.05) is 24.3 Å². The first kappa shape index (κ1) is 19.0. The molecule has 2 aromatic heterocycles. The van der Waals surface area contributed by atoms with Crippen molar-refractivity contribution in [1.82, 2.24) is 19.5 Å². The Balaban J connectivity index is 0.00000210. The summed E-state index contributed by atoms with van der Waals surface area (Å²) in [6.45, 7) is 0.547. The molecule has 2 aromatic carbocycles. The first-order valence-electron chi connectivity index (χ1n) is 8.00. The van der Waals surface area contributed by atoms with Crippen LogP contribution in [0.1, 0.15) is 15.9 Å². The zero-order valence-electron chi connectivity index (χ0n) is 14.7. The quantitative estimate of drug-likeness (QED) is 0.445. The SMILES string of the molecule is O=C([O-])c1ccc2nc(-n3ccnc3)nc(NCc3ccccc3)c2c1.[Na+]. The Morgan fingerprint density at radius 1 is 1.11 bits per heavy atom. The summed E-state index contributed by atoms with van der Waals surface area (Å²) < 4.78 is 1.69. The number of carboxylic acids is 1. The number of nitrogens with one attached hydrogen (secondary N) is 1. The molecule has 128 valence electrons. The number of carboxylic acid groups (broad SMARTS) is 1. The summed E-state index contributed by atoms with van der Waals surface area (Å²) in [6, 6.07) is 14.5. The minimum absolute atomic E-state index is 0. The number of carbonyl (C=O) groups excluding carboxylic acids is 1. The van der Waals surface area contributed by atoms with Gasteiger partial charge in [-0.2, -0.15) is 4.98 Å². The van der Waals surface area contributed by atoms with Crippen molar-refractivity contribution < 1.29 is 39.5 Å². The second kappa shape index (κ2) is 8.30. The summed E-state index contributed by atoms with van der Waals surface area (Å²) >= 11 is 0. The number of carbonyl (C=O) groups is 1. The third-order valence-electron chi connectivity index (χ3n) is 3.96. The first-order valence-corrected chi connectivity index (χ1v) is 8.00. The predicted molar refractivity (Wildman–Crippen MR) is 94.8 cm³/mol. The molecule has 0 radical (unpaired) electrons. The number of aromatic carboxylic acids is 1. The minimum Gasteiger partial charge on any atom is -0.545 e. The van der Waals surface area contributed by atoms with E-state index in [1.807, 2.05) is 30.3 Å². The zero-order valence-corrected chi connectivity index (χ0v) is 16.7. The molecule has 0 saturated carbocycles. The van der Waals surface area contributed by atoms with Gasteiger partial charge in [0.2, 0.25) is 5.95 Å². The molecular formula is C19H14N5NaO2. The van der Waals surface area contributed by atoms with Crippen LogP contribution in [0.15, 0.2) is 67.3 Å². The molecule has 27 heavy (non-hydrogen) atoms. The van der Waals surface area contributed by atoms with E-state index in [0.717, 1.165) is 5.56 Å². The van der Waals surface area contributed by atoms with Crippen LogP contribution in [0, 0.1) is 0 Å². The Bertz CT molecular complexity index is 1070. The molecular weight excluding hydrogens is 353 g/mol. The van der Waals surface area contributed by atoms with Gasteiger partial charge in [-0.25, -0.2) is 9.97 Å². The van der Waals surface area contributed by atoms with E-state index < -0.39 is 5.97 Å². The molecule has 4 rings (SSSR count). The maximum atomic E-state index is 11.2. The third kappa shape index (κ3) is 4.16. The Morgan fingerprint density at radius 2 is 1.93 bits per heavy atom. The van der Waals surface area contributed by atoms with E-state index in [2.05, 4.69) is 20.3 Å². The Morgan fingerprint density at radius 3 is 2.63 bits per heavy atom. The van der Waals surface area contributed by atoms with E-state index in [1.165, 1.54) is 12.1 Å². The van der Waals surface area contributed by atoms with Gasteiger partial charge >= 0.3 is 29.6 Å². The summed E-state index contributed by atoms with van der Waals surface area (Å²) in [6.07, 6.45) is 5.00. The van der Waals surface area contributed by atoms with Crippen LogP contribution in [0.3, 0.4) is 0 Å². The van der Waals surface area contributed by atoms with E-state index in [4.69, 9.17) is 0 Å². The number of fused-ring (bicyclic) bond motifs is 1. The molecule has 8 heteroatoms. The van der Waals surface area contributed by atoms with Crippen LogP contribution >= 0.6 is 0 Å². The molecule has 0 amide bonds. The van der Waals surface area contributed by atoms with Crippen molar-refractivity contribution in [2.75, 3.05) is 5.32 Å². The van der Waals surface area contributed by atoms with Crippen LogP contribution in [-0.4, -0.2) is 25.5 Å². The number of imidazole rings is 1. The zero-order chi connectivity index (χ0) is 17.9. The van der Waals surface area contributed by atoms with Gasteiger partial charge in [-0.05, 0) is 23.3 Å². The van der Waals surface area contributed by atoms with Crippen molar-refractivity contribution in [1.29, 1.82) is 0 Å². The van der Waals surface area contributed by atoms with Gasteiger partial charge in [0.15, 0.2) is 0 Å². The number of benzene rings is 2. The first-order chi connectivity index (χ1) is 12.7. The second-order valence-electron chi connectivity index (χ2n) is 5.70. The van der Waals surface area contributed by atoms with Gasteiger partial charge in [-0.1, -0.05) is 36.4 Å². The van der Waals surface area contributed by atoms with E-state index in [0.29, 0.717) is 29.2 Å². The second-order valence-corrected chi connectivity index (χ2v) is 5.70. The maximum absolute atomic E-state index is 11.2.